The van der Waals surface area contributed by atoms with Gasteiger partial charge in [-0.05, 0) is 37.5 Å². The lowest BCUT2D eigenvalue weighted by atomic mass is 10.1. The van der Waals surface area contributed by atoms with E-state index in [0.29, 0.717) is 5.75 Å². The van der Waals surface area contributed by atoms with Crippen molar-refractivity contribution in [3.05, 3.63) is 54.0 Å². The van der Waals surface area contributed by atoms with Crippen molar-refractivity contribution in [2.24, 2.45) is 0 Å². The summed E-state index contributed by atoms with van der Waals surface area (Å²) in [5.41, 5.74) is 1.80. The van der Waals surface area contributed by atoms with Crippen LogP contribution in [0.3, 0.4) is 0 Å². The highest BCUT2D eigenvalue weighted by molar-refractivity contribution is 7.98. The third kappa shape index (κ3) is 3.77. The highest BCUT2D eigenvalue weighted by atomic mass is 32.2. The van der Waals surface area contributed by atoms with Gasteiger partial charge in [0.2, 0.25) is 11.7 Å². The van der Waals surface area contributed by atoms with Gasteiger partial charge in [-0.3, -0.25) is 4.57 Å². The van der Waals surface area contributed by atoms with E-state index in [0.717, 1.165) is 35.4 Å². The molecule has 7 nitrogen and oxygen atoms in total. The van der Waals surface area contributed by atoms with Crippen LogP contribution in [0, 0.1) is 0 Å². The Morgan fingerprint density at radius 3 is 2.68 bits per heavy atom. The molecular weight excluding hydrogens is 376 g/mol. The Bertz CT molecular complexity index is 932. The van der Waals surface area contributed by atoms with Crippen LogP contribution >= 0.6 is 11.8 Å². The highest BCUT2D eigenvalue weighted by Gasteiger charge is 2.22. The first-order valence-electron chi connectivity index (χ1n) is 9.31. The average molecular weight is 398 g/mol. The predicted molar refractivity (Wildman–Crippen MR) is 107 cm³/mol. The van der Waals surface area contributed by atoms with E-state index in [4.69, 9.17) is 9.15 Å². The largest absolute Gasteiger partial charge is 0.463 e. The molecule has 1 aliphatic rings. The van der Waals surface area contributed by atoms with E-state index in [-0.39, 0.29) is 5.76 Å². The molecule has 0 atom stereocenters. The van der Waals surface area contributed by atoms with Gasteiger partial charge in [-0.2, -0.15) is 0 Å². The number of thioether (sulfide) groups is 1. The molecule has 0 saturated carbocycles. The zero-order chi connectivity index (χ0) is 19.3. The molecule has 4 rings (SSSR count). The molecule has 0 amide bonds. The minimum atomic E-state index is -0.473. The van der Waals surface area contributed by atoms with Crippen LogP contribution in [0.4, 0.5) is 5.95 Å². The van der Waals surface area contributed by atoms with Crippen LogP contribution in [-0.4, -0.2) is 40.9 Å². The quantitative estimate of drug-likeness (QED) is 0.460. The highest BCUT2D eigenvalue weighted by Crippen LogP contribution is 2.31. The minimum absolute atomic E-state index is 0.233. The zero-order valence-electron chi connectivity index (χ0n) is 15.7. The average Bonchev–Trinajstić information content (AvgIpc) is 3.40. The molecule has 2 aromatic heterocycles. The minimum Gasteiger partial charge on any atom is -0.463 e. The Morgan fingerprint density at radius 1 is 1.14 bits per heavy atom. The van der Waals surface area contributed by atoms with Gasteiger partial charge in [-0.15, -0.1) is 10.2 Å². The van der Waals surface area contributed by atoms with Gasteiger partial charge in [0.25, 0.3) is 0 Å². The molecular formula is C20H22N4O3S. The van der Waals surface area contributed by atoms with Gasteiger partial charge < -0.3 is 14.1 Å². The molecule has 0 spiro atoms. The second kappa shape index (κ2) is 8.52. The fraction of sp³-hybridized carbons (Fsp3) is 0.350. The molecule has 1 saturated heterocycles. The number of rotatable bonds is 6. The molecule has 28 heavy (non-hydrogen) atoms. The van der Waals surface area contributed by atoms with Crippen molar-refractivity contribution in [3.8, 4) is 5.69 Å². The standard InChI is InChI=1S/C20H22N4O3S/c1-26-18(25)17-15(10-13-27-17)14-28-20-22-21-19(23-11-6-3-7-12-23)24(20)16-8-4-2-5-9-16/h2,4-5,8-10,13H,3,6-7,11-12,14H2,1H3. The maximum Gasteiger partial charge on any atom is 0.374 e. The molecule has 8 heteroatoms. The van der Waals surface area contributed by atoms with Crippen LogP contribution < -0.4 is 4.90 Å². The third-order valence-electron chi connectivity index (χ3n) is 4.74. The summed E-state index contributed by atoms with van der Waals surface area (Å²) in [6, 6.07) is 11.9. The van der Waals surface area contributed by atoms with Crippen LogP contribution in [-0.2, 0) is 10.5 Å². The van der Waals surface area contributed by atoms with E-state index in [1.165, 1.54) is 44.4 Å². The Balaban J connectivity index is 1.63. The number of anilines is 1. The van der Waals surface area contributed by atoms with Crippen LogP contribution in [0.15, 0.2) is 52.2 Å². The summed E-state index contributed by atoms with van der Waals surface area (Å²) in [5, 5.41) is 9.72. The molecule has 0 aliphatic carbocycles. The van der Waals surface area contributed by atoms with Gasteiger partial charge in [-0.1, -0.05) is 30.0 Å². The van der Waals surface area contributed by atoms with E-state index in [1.54, 1.807) is 6.07 Å². The van der Waals surface area contributed by atoms with E-state index < -0.39 is 5.97 Å². The molecule has 1 aliphatic heterocycles. The summed E-state index contributed by atoms with van der Waals surface area (Å²) in [5.74, 6) is 1.16. The number of methoxy groups -OCH3 is 1. The van der Waals surface area contributed by atoms with E-state index >= 15 is 0 Å². The first kappa shape index (κ1) is 18.6. The van der Waals surface area contributed by atoms with Crippen LogP contribution in [0.1, 0.15) is 35.4 Å². The zero-order valence-corrected chi connectivity index (χ0v) is 16.5. The molecule has 3 heterocycles. The van der Waals surface area contributed by atoms with E-state index in [9.17, 15) is 4.79 Å². The smallest absolute Gasteiger partial charge is 0.374 e. The Labute approximate surface area is 167 Å². The fourth-order valence-corrected chi connectivity index (χ4v) is 4.25. The Kier molecular flexibility index (Phi) is 5.66. The molecule has 1 aromatic carbocycles. The van der Waals surface area contributed by atoms with Crippen LogP contribution in [0.5, 0.6) is 0 Å². The first-order chi connectivity index (χ1) is 13.8. The van der Waals surface area contributed by atoms with E-state index in [1.807, 2.05) is 18.2 Å². The van der Waals surface area contributed by atoms with Crippen molar-refractivity contribution in [1.82, 2.24) is 14.8 Å². The van der Waals surface area contributed by atoms with E-state index in [2.05, 4.69) is 31.8 Å². The number of aromatic nitrogens is 3. The normalized spacial score (nSPS) is 14.2. The number of carbonyl (C=O) groups is 1. The summed E-state index contributed by atoms with van der Waals surface area (Å²) in [7, 11) is 1.35. The third-order valence-corrected chi connectivity index (χ3v) is 5.72. The van der Waals surface area contributed by atoms with Gasteiger partial charge in [0.15, 0.2) is 5.16 Å². The van der Waals surface area contributed by atoms with Crippen molar-refractivity contribution < 1.29 is 13.9 Å². The van der Waals surface area contributed by atoms with Crippen molar-refractivity contribution >= 4 is 23.7 Å². The van der Waals surface area contributed by atoms with Crippen molar-refractivity contribution in [2.45, 2.75) is 30.2 Å². The lowest BCUT2D eigenvalue weighted by molar-refractivity contribution is 0.0564. The summed E-state index contributed by atoms with van der Waals surface area (Å²) in [6.07, 6.45) is 5.10. The number of nitrogens with zero attached hydrogens (tertiary/aromatic N) is 4. The molecule has 1 fully saturated rings. The van der Waals surface area contributed by atoms with Gasteiger partial charge in [0, 0.05) is 24.4 Å². The molecule has 0 unspecified atom stereocenters. The number of para-hydroxylation sites is 1. The number of furan rings is 1. The van der Waals surface area contributed by atoms with Gasteiger partial charge in [0.05, 0.1) is 19.1 Å². The maximum atomic E-state index is 11.8. The number of hydrogen-bond donors (Lipinski definition) is 0. The molecule has 146 valence electrons. The molecule has 0 bridgehead atoms. The Hall–Kier alpha value is -2.74. The number of esters is 1. The summed E-state index contributed by atoms with van der Waals surface area (Å²) < 4.78 is 12.2. The van der Waals surface area contributed by atoms with Crippen molar-refractivity contribution in [2.75, 3.05) is 25.1 Å². The van der Waals surface area contributed by atoms with Crippen molar-refractivity contribution in [3.63, 3.8) is 0 Å². The maximum absolute atomic E-state index is 11.8. The lowest BCUT2D eigenvalue weighted by Gasteiger charge is -2.27. The summed E-state index contributed by atoms with van der Waals surface area (Å²) in [6.45, 7) is 1.98. The number of ether oxygens (including phenoxy) is 1. The second-order valence-corrected chi connectivity index (χ2v) is 7.50. The summed E-state index contributed by atoms with van der Waals surface area (Å²) in [4.78, 5) is 14.1. The number of hydrogen-bond acceptors (Lipinski definition) is 7. The Morgan fingerprint density at radius 2 is 1.93 bits per heavy atom. The van der Waals surface area contributed by atoms with Crippen molar-refractivity contribution in [1.29, 1.82) is 0 Å². The van der Waals surface area contributed by atoms with Gasteiger partial charge >= 0.3 is 5.97 Å². The molecule has 3 aromatic rings. The second-order valence-electron chi connectivity index (χ2n) is 6.56. The van der Waals surface area contributed by atoms with Gasteiger partial charge in [0.1, 0.15) is 0 Å². The SMILES string of the molecule is COC(=O)c1occc1CSc1nnc(N2CCCCC2)n1-c1ccccc1. The summed E-state index contributed by atoms with van der Waals surface area (Å²) >= 11 is 1.52. The number of piperidine rings is 1. The van der Waals surface area contributed by atoms with Crippen LogP contribution in [0.2, 0.25) is 0 Å². The predicted octanol–water partition coefficient (Wildman–Crippen LogP) is 3.93. The molecule has 0 N–H and O–H groups in total. The monoisotopic (exact) mass is 398 g/mol. The lowest BCUT2D eigenvalue weighted by Crippen LogP contribution is -2.31. The van der Waals surface area contributed by atoms with Gasteiger partial charge in [-0.25, -0.2) is 4.79 Å². The van der Waals surface area contributed by atoms with Crippen LogP contribution in [0.25, 0.3) is 5.69 Å². The number of benzene rings is 1. The number of carbonyl (C=O) groups excluding carboxylic acids is 1. The molecule has 0 radical (unpaired) electrons. The first-order valence-corrected chi connectivity index (χ1v) is 10.3. The topological polar surface area (TPSA) is 73.4 Å². The fourth-order valence-electron chi connectivity index (χ4n) is 3.32.